The molecule has 21 heavy (non-hydrogen) atoms. The Bertz CT molecular complexity index is 510. The van der Waals surface area contributed by atoms with E-state index >= 15 is 0 Å². The molecular weight excluding hydrogens is 276 g/mol. The minimum Gasteiger partial charge on any atom is -0.412 e. The fourth-order valence-electron chi connectivity index (χ4n) is 3.75. The molecular formula is C18H28O2Si. The van der Waals surface area contributed by atoms with E-state index in [4.69, 9.17) is 4.43 Å². The summed E-state index contributed by atoms with van der Waals surface area (Å²) in [6.07, 6.45) is 9.33. The molecule has 0 saturated heterocycles. The second kappa shape index (κ2) is 4.92. The first kappa shape index (κ1) is 15.2. The average molecular weight is 305 g/mol. The maximum Gasteiger partial charge on any atom is 0.192 e. The third kappa shape index (κ3) is 2.48. The number of carbonyl (C=O) groups is 1. The lowest BCUT2D eigenvalue weighted by Crippen LogP contribution is -2.41. The Labute approximate surface area is 129 Å². The van der Waals surface area contributed by atoms with E-state index in [0.29, 0.717) is 30.1 Å². The third-order valence-electron chi connectivity index (χ3n) is 6.22. The van der Waals surface area contributed by atoms with Crippen molar-refractivity contribution in [1.82, 2.24) is 0 Å². The topological polar surface area (TPSA) is 26.3 Å². The van der Waals surface area contributed by atoms with E-state index in [2.05, 4.69) is 52.1 Å². The van der Waals surface area contributed by atoms with Gasteiger partial charge in [0.2, 0.25) is 0 Å². The summed E-state index contributed by atoms with van der Waals surface area (Å²) in [5.41, 5.74) is 0.954. The van der Waals surface area contributed by atoms with Crippen LogP contribution in [0.15, 0.2) is 23.8 Å². The first-order chi connectivity index (χ1) is 9.71. The summed E-state index contributed by atoms with van der Waals surface area (Å²) in [6.45, 7) is 11.8. The van der Waals surface area contributed by atoms with Crippen LogP contribution in [0.5, 0.6) is 0 Å². The monoisotopic (exact) mass is 304 g/mol. The van der Waals surface area contributed by atoms with Gasteiger partial charge < -0.3 is 4.43 Å². The summed E-state index contributed by atoms with van der Waals surface area (Å²) in [5.74, 6) is 2.13. The summed E-state index contributed by atoms with van der Waals surface area (Å²) >= 11 is 0. The van der Waals surface area contributed by atoms with Gasteiger partial charge in [0.1, 0.15) is 0 Å². The van der Waals surface area contributed by atoms with Gasteiger partial charge in [-0.1, -0.05) is 39.0 Å². The first-order valence-corrected chi connectivity index (χ1v) is 11.2. The lowest BCUT2D eigenvalue weighted by molar-refractivity contribution is -0.122. The Morgan fingerprint density at radius 3 is 2.33 bits per heavy atom. The second-order valence-electron chi connectivity index (χ2n) is 8.50. The molecule has 0 N–H and O–H groups in total. The zero-order valence-corrected chi connectivity index (χ0v) is 15.0. The van der Waals surface area contributed by atoms with Gasteiger partial charge in [0, 0.05) is 11.5 Å². The molecule has 0 unspecified atom stereocenters. The molecule has 1 saturated carbocycles. The van der Waals surface area contributed by atoms with Gasteiger partial charge in [-0.25, -0.2) is 0 Å². The van der Waals surface area contributed by atoms with Crippen LogP contribution in [0.25, 0.3) is 0 Å². The predicted molar refractivity (Wildman–Crippen MR) is 88.6 cm³/mol. The standard InChI is InChI=1S/C18H28O2Si/c1-18(2,3)21(4,5)20-11-14-10-15-12-6-8-13(9-7-12)16(15)17(14)19/h6,8,10,12-13,15-16H,7,9,11H2,1-5H3/t12-,13+,15+,16-/m1/s1. The molecule has 4 rings (SSSR count). The zero-order chi connectivity index (χ0) is 15.4. The Hall–Kier alpha value is -0.673. The number of carbonyl (C=O) groups excluding carboxylic acids is 1. The summed E-state index contributed by atoms with van der Waals surface area (Å²) in [7, 11) is -1.78. The van der Waals surface area contributed by atoms with Crippen molar-refractivity contribution >= 4 is 14.1 Å². The molecule has 0 aliphatic heterocycles. The summed E-state index contributed by atoms with van der Waals surface area (Å²) in [4.78, 5) is 12.7. The molecule has 116 valence electrons. The third-order valence-corrected chi connectivity index (χ3v) is 10.7. The van der Waals surface area contributed by atoms with Crippen molar-refractivity contribution in [1.29, 1.82) is 0 Å². The van der Waals surface area contributed by atoms with Crippen LogP contribution < -0.4 is 0 Å². The Morgan fingerprint density at radius 2 is 1.81 bits per heavy atom. The van der Waals surface area contributed by atoms with Crippen LogP contribution in [0.2, 0.25) is 18.1 Å². The molecule has 0 radical (unpaired) electrons. The number of rotatable bonds is 3. The highest BCUT2D eigenvalue weighted by Crippen LogP contribution is 2.50. The lowest BCUT2D eigenvalue weighted by Gasteiger charge is -2.40. The molecule has 4 aliphatic carbocycles. The van der Waals surface area contributed by atoms with Crippen molar-refractivity contribution in [2.75, 3.05) is 6.61 Å². The molecule has 0 aromatic rings. The van der Waals surface area contributed by atoms with E-state index in [1.165, 1.54) is 12.8 Å². The fourth-order valence-corrected chi connectivity index (χ4v) is 4.70. The maximum atomic E-state index is 12.7. The number of Topliss-reactive ketones (excluding diaryl/α,β-unsaturated/α-hetero) is 1. The van der Waals surface area contributed by atoms with E-state index in [1.54, 1.807) is 0 Å². The van der Waals surface area contributed by atoms with E-state index in [9.17, 15) is 4.79 Å². The van der Waals surface area contributed by atoms with Crippen LogP contribution in [-0.2, 0) is 9.22 Å². The average Bonchev–Trinajstić information content (AvgIpc) is 2.76. The Balaban J connectivity index is 1.71. The molecule has 4 atom stereocenters. The Kier molecular flexibility index (Phi) is 3.57. The fraction of sp³-hybridized carbons (Fsp3) is 0.722. The SMILES string of the molecule is CC(C)(C)[Si](C)(C)OCC1=C[C@@H]2[C@H](C1=O)[C@H]1C=C[C@@H]2CC1. The minimum absolute atomic E-state index is 0.197. The largest absolute Gasteiger partial charge is 0.412 e. The number of hydrogen-bond donors (Lipinski definition) is 0. The van der Waals surface area contributed by atoms with E-state index < -0.39 is 8.32 Å². The van der Waals surface area contributed by atoms with Crippen LogP contribution in [0.1, 0.15) is 33.6 Å². The highest BCUT2D eigenvalue weighted by atomic mass is 28.4. The van der Waals surface area contributed by atoms with Crippen molar-refractivity contribution in [2.45, 2.75) is 51.7 Å². The smallest absolute Gasteiger partial charge is 0.192 e. The molecule has 3 heteroatoms. The minimum atomic E-state index is -1.78. The number of hydrogen-bond acceptors (Lipinski definition) is 2. The summed E-state index contributed by atoms with van der Waals surface area (Å²) in [6, 6.07) is 0. The van der Waals surface area contributed by atoms with Crippen LogP contribution in [0, 0.1) is 23.7 Å². The van der Waals surface area contributed by atoms with Crippen molar-refractivity contribution < 1.29 is 9.22 Å². The van der Waals surface area contributed by atoms with Crippen molar-refractivity contribution in [3.05, 3.63) is 23.8 Å². The summed E-state index contributed by atoms with van der Waals surface area (Å²) < 4.78 is 6.27. The molecule has 1 fully saturated rings. The maximum absolute atomic E-state index is 12.7. The van der Waals surface area contributed by atoms with Gasteiger partial charge >= 0.3 is 0 Å². The first-order valence-electron chi connectivity index (χ1n) is 8.28. The number of allylic oxidation sites excluding steroid dienone is 3. The van der Waals surface area contributed by atoms with Gasteiger partial charge in [-0.05, 0) is 48.7 Å². The summed E-state index contributed by atoms with van der Waals surface area (Å²) in [5, 5.41) is 0.197. The molecule has 2 bridgehead atoms. The molecule has 4 aliphatic rings. The van der Waals surface area contributed by atoms with Crippen molar-refractivity contribution in [2.24, 2.45) is 23.7 Å². The van der Waals surface area contributed by atoms with E-state index in [0.717, 1.165) is 5.57 Å². The van der Waals surface area contributed by atoms with Crippen LogP contribution in [0.4, 0.5) is 0 Å². The van der Waals surface area contributed by atoms with E-state index in [1.807, 2.05) is 0 Å². The second-order valence-corrected chi connectivity index (χ2v) is 13.3. The van der Waals surface area contributed by atoms with Gasteiger partial charge in [-0.2, -0.15) is 0 Å². The normalized spacial score (nSPS) is 35.1. The van der Waals surface area contributed by atoms with Gasteiger partial charge in [-0.3, -0.25) is 4.79 Å². The van der Waals surface area contributed by atoms with Crippen LogP contribution in [0.3, 0.4) is 0 Å². The molecule has 0 aromatic heterocycles. The molecule has 2 nitrogen and oxygen atoms in total. The van der Waals surface area contributed by atoms with Crippen LogP contribution >= 0.6 is 0 Å². The van der Waals surface area contributed by atoms with Gasteiger partial charge in [0.05, 0.1) is 6.61 Å². The zero-order valence-electron chi connectivity index (χ0n) is 14.0. The van der Waals surface area contributed by atoms with Crippen molar-refractivity contribution in [3.63, 3.8) is 0 Å². The molecule has 0 aromatic carbocycles. The molecule has 0 amide bonds. The molecule has 0 heterocycles. The highest BCUT2D eigenvalue weighted by molar-refractivity contribution is 6.74. The Morgan fingerprint density at radius 1 is 1.19 bits per heavy atom. The quantitative estimate of drug-likeness (QED) is 0.572. The van der Waals surface area contributed by atoms with Gasteiger partial charge in [-0.15, -0.1) is 0 Å². The lowest BCUT2D eigenvalue weighted by atomic mass is 9.63. The van der Waals surface area contributed by atoms with Gasteiger partial charge in [0.25, 0.3) is 0 Å². The van der Waals surface area contributed by atoms with Gasteiger partial charge in [0.15, 0.2) is 14.1 Å². The molecule has 0 spiro atoms. The number of fused-ring (bicyclic) bond motifs is 1. The van der Waals surface area contributed by atoms with Crippen LogP contribution in [-0.4, -0.2) is 20.7 Å². The number of ketones is 1. The highest BCUT2D eigenvalue weighted by Gasteiger charge is 2.48. The van der Waals surface area contributed by atoms with E-state index in [-0.39, 0.29) is 11.0 Å². The van der Waals surface area contributed by atoms with Crippen molar-refractivity contribution in [3.8, 4) is 0 Å². The predicted octanol–water partition coefficient (Wildman–Crippen LogP) is 4.35.